The van der Waals surface area contributed by atoms with Crippen LogP contribution in [0.1, 0.15) is 44.5 Å². The molecule has 0 radical (unpaired) electrons. The number of rotatable bonds is 24. The molecule has 0 aromatic heterocycles. The van der Waals surface area contributed by atoms with Gasteiger partial charge in [0.15, 0.2) is 0 Å². The quantitative estimate of drug-likeness (QED) is 0.0593. The average Bonchev–Trinajstić information content (AvgIpc) is 3.47. The molecule has 0 spiro atoms. The van der Waals surface area contributed by atoms with Gasteiger partial charge in [-0.2, -0.15) is 0 Å². The molecule has 1 fully saturated rings. The Morgan fingerprint density at radius 3 is 0.842 bits per heavy atom. The Kier molecular flexibility index (Phi) is 21.6. The van der Waals surface area contributed by atoms with Crippen molar-refractivity contribution >= 4 is 0 Å². The fraction of sp³-hybridized carbons (Fsp3) is 0.294. The van der Waals surface area contributed by atoms with E-state index in [4.69, 9.17) is 18.9 Å². The van der Waals surface area contributed by atoms with Gasteiger partial charge in [-0.05, 0) is 50.9 Å². The van der Waals surface area contributed by atoms with Gasteiger partial charge in [0.05, 0.1) is 46.2 Å². The predicted molar refractivity (Wildman–Crippen MR) is 307 cm³/mol. The summed E-state index contributed by atoms with van der Waals surface area (Å²) < 4.78 is 28.3. The Morgan fingerprint density at radius 2 is 0.526 bits per heavy atom. The molecule has 0 N–H and O–H groups in total. The van der Waals surface area contributed by atoms with Crippen LogP contribution in [-0.2, 0) is 71.4 Å². The van der Waals surface area contributed by atoms with E-state index in [9.17, 15) is 0 Å². The average molecular weight is 1010 g/mol. The van der Waals surface area contributed by atoms with Crippen LogP contribution in [0, 0.1) is 0 Å². The molecule has 8 aromatic carbocycles. The third kappa shape index (κ3) is 17.8. The first-order valence-corrected chi connectivity index (χ1v) is 27.3. The highest BCUT2D eigenvalue weighted by Gasteiger charge is 2.36. The number of benzene rings is 8. The molecule has 1 aliphatic heterocycles. The van der Waals surface area contributed by atoms with Gasteiger partial charge in [-0.3, -0.25) is 19.6 Å². The second-order valence-electron chi connectivity index (χ2n) is 20.2. The van der Waals surface area contributed by atoms with Gasteiger partial charge < -0.3 is 18.9 Å². The summed E-state index contributed by atoms with van der Waals surface area (Å²) in [5.41, 5.74) is 9.75. The number of hydrogen-bond donors (Lipinski definition) is 0. The zero-order chi connectivity index (χ0) is 51.7. The molecule has 0 amide bonds. The molecule has 0 unspecified atom stereocenters. The van der Waals surface area contributed by atoms with Crippen LogP contribution in [0.15, 0.2) is 243 Å². The Labute approximate surface area is 453 Å². The fourth-order valence-corrected chi connectivity index (χ4v) is 10.3. The molecule has 8 heteroatoms. The van der Waals surface area contributed by atoms with Crippen LogP contribution in [0.3, 0.4) is 0 Å². The maximum atomic E-state index is 7.43. The van der Waals surface area contributed by atoms with E-state index in [0.29, 0.717) is 65.9 Å². The summed E-state index contributed by atoms with van der Waals surface area (Å²) in [6, 6.07) is 86.1. The zero-order valence-corrected chi connectivity index (χ0v) is 44.1. The molecule has 8 aromatic rings. The van der Waals surface area contributed by atoms with E-state index in [0.717, 1.165) is 55.8 Å². The van der Waals surface area contributed by atoms with E-state index in [2.05, 4.69) is 262 Å². The van der Waals surface area contributed by atoms with E-state index in [-0.39, 0.29) is 24.4 Å². The summed E-state index contributed by atoms with van der Waals surface area (Å²) >= 11 is 0. The smallest absolute Gasteiger partial charge is 0.123 e. The second-order valence-corrected chi connectivity index (χ2v) is 20.2. The molecular formula is C68H76N4O4. The number of nitrogens with zero attached hydrogens (tertiary/aromatic N) is 4. The first-order valence-electron chi connectivity index (χ1n) is 27.3. The van der Waals surface area contributed by atoms with Gasteiger partial charge in [0.1, 0.15) is 6.23 Å². The molecule has 1 saturated heterocycles. The van der Waals surface area contributed by atoms with E-state index in [1.807, 2.05) is 0 Å². The van der Waals surface area contributed by atoms with E-state index in [1.54, 1.807) is 0 Å². The summed E-state index contributed by atoms with van der Waals surface area (Å²) in [5.74, 6) is 0. The predicted octanol–water partition coefficient (Wildman–Crippen LogP) is 12.4. The van der Waals surface area contributed by atoms with Crippen molar-refractivity contribution in [1.29, 1.82) is 0 Å². The molecule has 0 bridgehead atoms. The molecular weight excluding hydrogens is 937 g/mol. The lowest BCUT2D eigenvalue weighted by molar-refractivity contribution is -0.112. The van der Waals surface area contributed by atoms with Crippen molar-refractivity contribution in [2.45, 2.75) is 76.8 Å². The lowest BCUT2D eigenvalue weighted by Gasteiger charge is -2.46. The summed E-state index contributed by atoms with van der Waals surface area (Å²) in [5, 5.41) is 0. The molecule has 0 saturated carbocycles. The Morgan fingerprint density at radius 1 is 0.276 bits per heavy atom. The third-order valence-corrected chi connectivity index (χ3v) is 14.4. The fourth-order valence-electron chi connectivity index (χ4n) is 10.3. The summed E-state index contributed by atoms with van der Waals surface area (Å²) in [6.45, 7) is 9.36. The topological polar surface area (TPSA) is 49.9 Å². The van der Waals surface area contributed by atoms with Crippen LogP contribution >= 0.6 is 0 Å². The highest BCUT2D eigenvalue weighted by molar-refractivity contribution is 5.21. The van der Waals surface area contributed by atoms with Crippen molar-refractivity contribution in [3.05, 3.63) is 287 Å². The van der Waals surface area contributed by atoms with Crippen LogP contribution in [0.2, 0.25) is 0 Å². The van der Waals surface area contributed by atoms with Gasteiger partial charge in [0, 0.05) is 70.5 Å². The first kappa shape index (κ1) is 54.2. The van der Waals surface area contributed by atoms with Crippen molar-refractivity contribution in [2.75, 3.05) is 52.6 Å². The van der Waals surface area contributed by atoms with Crippen molar-refractivity contribution in [3.8, 4) is 0 Å². The van der Waals surface area contributed by atoms with Gasteiger partial charge in [0.2, 0.25) is 0 Å². The van der Waals surface area contributed by atoms with Crippen molar-refractivity contribution in [2.24, 2.45) is 0 Å². The molecule has 4 atom stereocenters. The van der Waals surface area contributed by atoms with Crippen molar-refractivity contribution < 1.29 is 18.9 Å². The van der Waals surface area contributed by atoms with Crippen LogP contribution in [0.25, 0.3) is 0 Å². The van der Waals surface area contributed by atoms with Crippen LogP contribution in [-0.4, -0.2) is 96.6 Å². The van der Waals surface area contributed by atoms with Crippen molar-refractivity contribution in [1.82, 2.24) is 19.6 Å². The molecule has 9 rings (SSSR count). The minimum Gasteiger partial charge on any atom is -0.375 e. The van der Waals surface area contributed by atoms with Gasteiger partial charge >= 0.3 is 0 Å². The van der Waals surface area contributed by atoms with E-state index >= 15 is 0 Å². The number of hydrogen-bond acceptors (Lipinski definition) is 8. The Bertz CT molecular complexity index is 2380. The van der Waals surface area contributed by atoms with Gasteiger partial charge in [-0.1, -0.05) is 243 Å². The van der Waals surface area contributed by atoms with E-state index < -0.39 is 0 Å². The maximum Gasteiger partial charge on any atom is 0.123 e. The third-order valence-electron chi connectivity index (χ3n) is 14.4. The van der Waals surface area contributed by atoms with Crippen LogP contribution in [0.5, 0.6) is 0 Å². The molecule has 0 aliphatic carbocycles. The van der Waals surface area contributed by atoms with Gasteiger partial charge in [-0.15, -0.1) is 0 Å². The van der Waals surface area contributed by atoms with Gasteiger partial charge in [0.25, 0.3) is 0 Å². The summed E-state index contributed by atoms with van der Waals surface area (Å²) in [6.07, 6.45) is 0.504. The molecule has 1 heterocycles. The zero-order valence-electron chi connectivity index (χ0n) is 44.1. The second kappa shape index (κ2) is 30.3. The number of ether oxygens (including phenoxy) is 4. The molecule has 76 heavy (non-hydrogen) atoms. The highest BCUT2D eigenvalue weighted by atomic mass is 16.5. The van der Waals surface area contributed by atoms with Gasteiger partial charge in [-0.25, -0.2) is 0 Å². The molecule has 392 valence electrons. The normalized spacial score (nSPS) is 18.4. The highest BCUT2D eigenvalue weighted by Crippen LogP contribution is 2.25. The van der Waals surface area contributed by atoms with Crippen LogP contribution in [0.4, 0.5) is 0 Å². The summed E-state index contributed by atoms with van der Waals surface area (Å²) in [7, 11) is 0. The van der Waals surface area contributed by atoms with Crippen molar-refractivity contribution in [3.63, 3.8) is 0 Å². The minimum atomic E-state index is -0.300. The Balaban J connectivity index is 1.18. The minimum absolute atomic E-state index is 0.0284. The Hall–Kier alpha value is -6.56. The molecule has 8 nitrogen and oxygen atoms in total. The lowest BCUT2D eigenvalue weighted by atomic mass is 10.1. The lowest BCUT2D eigenvalue weighted by Crippen LogP contribution is -2.60. The monoisotopic (exact) mass is 1010 g/mol. The standard InChI is InChI=1S/C68H76N4O4/c1-9-25-57(26-10-1)41-42-76-68-50-71(45-60-31-15-4-16-32-60)66(55-74-52-63-37-21-7-22-38-63)48-69(43-58-27-11-2-12-28-58)65(54-73-51-62-35-19-6-20-36-62)47-70(44-59-29-13-3-14-30-59)67(56-75-53-64-39-23-8-24-40-64)49-72(68)46-61-33-17-5-18-34-61/h1-40,65-68H,41-56H2/t65-,66-,67-,68+/m0/s1. The van der Waals surface area contributed by atoms with E-state index in [1.165, 1.54) is 27.8 Å². The molecule has 1 aliphatic rings. The summed E-state index contributed by atoms with van der Waals surface area (Å²) in [4.78, 5) is 10.7. The SMILES string of the molecule is c1ccc(CCO[C@@H]2CN(Cc3ccccc3)[C@H](COCc3ccccc3)CN(Cc3ccccc3)[C@H](COCc3ccccc3)CN(Cc3ccccc3)[C@H](COCc3ccccc3)CN2Cc2ccccc2)cc1. The van der Waals surface area contributed by atoms with Crippen LogP contribution < -0.4 is 0 Å². The maximum absolute atomic E-state index is 7.43. The first-order chi connectivity index (χ1) is 37.7. The largest absolute Gasteiger partial charge is 0.375 e.